The molecule has 23 heavy (non-hydrogen) atoms. The topological polar surface area (TPSA) is 87.5 Å². The van der Waals surface area contributed by atoms with Crippen LogP contribution in [0.5, 0.6) is 0 Å². The van der Waals surface area contributed by atoms with Crippen LogP contribution in [-0.2, 0) is 4.79 Å². The molecule has 1 aromatic heterocycles. The van der Waals surface area contributed by atoms with Gasteiger partial charge in [-0.05, 0) is 18.2 Å². The average Bonchev–Trinajstić information content (AvgIpc) is 3.02. The number of likely N-dealkylation sites (N-methyl/N-ethyl adjacent to an activating group) is 1. The van der Waals surface area contributed by atoms with Crippen molar-refractivity contribution >= 4 is 28.7 Å². The van der Waals surface area contributed by atoms with Gasteiger partial charge in [0.2, 0.25) is 5.91 Å². The van der Waals surface area contributed by atoms with Crippen LogP contribution in [0.1, 0.15) is 32.1 Å². The number of aromatic nitrogens is 1. The molecule has 0 saturated carbocycles. The van der Waals surface area contributed by atoms with E-state index in [0.717, 1.165) is 0 Å². The number of carbonyl (C=O) groups excluding carboxylic acids is 2. The SMILES string of the molecule is CC(C)c1nc2cc(NC(=O)N[C@@H]3CC(=O)N(C)C3)ccc2o1. The molecule has 7 heteroatoms. The number of nitrogens with one attached hydrogen (secondary N) is 2. The molecule has 7 nitrogen and oxygen atoms in total. The lowest BCUT2D eigenvalue weighted by molar-refractivity contribution is -0.126. The maximum absolute atomic E-state index is 12.0. The maximum Gasteiger partial charge on any atom is 0.319 e. The lowest BCUT2D eigenvalue weighted by Crippen LogP contribution is -2.39. The Bertz CT molecular complexity index is 753. The minimum absolute atomic E-state index is 0.0422. The summed E-state index contributed by atoms with van der Waals surface area (Å²) in [6, 6.07) is 4.84. The fourth-order valence-corrected chi connectivity index (χ4v) is 2.58. The fourth-order valence-electron chi connectivity index (χ4n) is 2.58. The van der Waals surface area contributed by atoms with E-state index in [0.29, 0.717) is 35.6 Å². The van der Waals surface area contributed by atoms with Crippen molar-refractivity contribution in [1.82, 2.24) is 15.2 Å². The zero-order chi connectivity index (χ0) is 16.6. The first-order valence-corrected chi connectivity index (χ1v) is 7.64. The maximum atomic E-state index is 12.0. The summed E-state index contributed by atoms with van der Waals surface area (Å²) in [5.74, 6) is 0.925. The Morgan fingerprint density at radius 3 is 2.87 bits per heavy atom. The predicted octanol–water partition coefficient (Wildman–Crippen LogP) is 2.30. The van der Waals surface area contributed by atoms with Crippen LogP contribution in [0.3, 0.4) is 0 Å². The van der Waals surface area contributed by atoms with E-state index in [9.17, 15) is 9.59 Å². The number of oxazole rings is 1. The number of carbonyl (C=O) groups is 2. The standard InChI is InChI=1S/C16H20N4O3/c1-9(2)15-19-12-6-10(4-5-13(12)23-15)17-16(22)18-11-7-14(21)20(3)8-11/h4-6,9,11H,7-8H2,1-3H3,(H2,17,18,22)/t11-/m1/s1. The number of hydrogen-bond acceptors (Lipinski definition) is 4. The lowest BCUT2D eigenvalue weighted by Gasteiger charge is -2.13. The van der Waals surface area contributed by atoms with Gasteiger partial charge in [0.15, 0.2) is 11.5 Å². The van der Waals surface area contributed by atoms with Crippen LogP contribution < -0.4 is 10.6 Å². The number of fused-ring (bicyclic) bond motifs is 1. The Labute approximate surface area is 134 Å². The molecule has 1 atom stereocenters. The molecule has 0 unspecified atom stereocenters. The fraction of sp³-hybridized carbons (Fsp3) is 0.438. The van der Waals surface area contributed by atoms with Gasteiger partial charge in [0.05, 0.1) is 6.04 Å². The van der Waals surface area contributed by atoms with Crippen LogP contribution in [0, 0.1) is 0 Å². The monoisotopic (exact) mass is 316 g/mol. The Hall–Kier alpha value is -2.57. The van der Waals surface area contributed by atoms with E-state index in [2.05, 4.69) is 15.6 Å². The molecule has 2 N–H and O–H groups in total. The van der Waals surface area contributed by atoms with Gasteiger partial charge in [-0.1, -0.05) is 13.8 Å². The van der Waals surface area contributed by atoms with Crippen molar-refractivity contribution in [1.29, 1.82) is 0 Å². The lowest BCUT2D eigenvalue weighted by atomic mass is 10.2. The molecule has 1 aromatic carbocycles. The molecule has 0 spiro atoms. The van der Waals surface area contributed by atoms with Crippen molar-refractivity contribution < 1.29 is 14.0 Å². The highest BCUT2D eigenvalue weighted by Gasteiger charge is 2.27. The summed E-state index contributed by atoms with van der Waals surface area (Å²) in [5, 5.41) is 5.57. The second kappa shape index (κ2) is 5.91. The van der Waals surface area contributed by atoms with Gasteiger partial charge in [-0.25, -0.2) is 9.78 Å². The quantitative estimate of drug-likeness (QED) is 0.909. The molecule has 2 heterocycles. The summed E-state index contributed by atoms with van der Waals surface area (Å²) in [5.41, 5.74) is 2.04. The molecule has 2 aromatic rings. The summed E-state index contributed by atoms with van der Waals surface area (Å²) in [6.07, 6.45) is 0.337. The second-order valence-corrected chi connectivity index (χ2v) is 6.16. The third-order valence-electron chi connectivity index (χ3n) is 3.83. The van der Waals surface area contributed by atoms with E-state index in [1.807, 2.05) is 13.8 Å². The van der Waals surface area contributed by atoms with Crippen LogP contribution >= 0.6 is 0 Å². The summed E-state index contributed by atoms with van der Waals surface area (Å²) in [4.78, 5) is 29.5. The van der Waals surface area contributed by atoms with E-state index in [4.69, 9.17) is 4.42 Å². The number of rotatable bonds is 3. The average molecular weight is 316 g/mol. The Balaban J connectivity index is 1.66. The Morgan fingerprint density at radius 2 is 2.22 bits per heavy atom. The van der Waals surface area contributed by atoms with Crippen LogP contribution in [0.15, 0.2) is 22.6 Å². The summed E-state index contributed by atoms with van der Waals surface area (Å²) >= 11 is 0. The summed E-state index contributed by atoms with van der Waals surface area (Å²) in [7, 11) is 1.73. The molecular formula is C16H20N4O3. The van der Waals surface area contributed by atoms with Gasteiger partial charge in [-0.2, -0.15) is 0 Å². The van der Waals surface area contributed by atoms with E-state index >= 15 is 0 Å². The third kappa shape index (κ3) is 3.28. The van der Waals surface area contributed by atoms with Crippen LogP contribution in [-0.4, -0.2) is 41.5 Å². The predicted molar refractivity (Wildman–Crippen MR) is 86.3 cm³/mol. The first-order chi connectivity index (χ1) is 10.9. The molecule has 0 bridgehead atoms. The molecule has 3 amide bonds. The number of hydrogen-bond donors (Lipinski definition) is 2. The van der Waals surface area contributed by atoms with Crippen molar-refractivity contribution in [3.63, 3.8) is 0 Å². The third-order valence-corrected chi connectivity index (χ3v) is 3.83. The van der Waals surface area contributed by atoms with Gasteiger partial charge in [-0.15, -0.1) is 0 Å². The van der Waals surface area contributed by atoms with Gasteiger partial charge < -0.3 is 20.0 Å². The highest BCUT2D eigenvalue weighted by atomic mass is 16.3. The zero-order valence-electron chi connectivity index (χ0n) is 13.4. The minimum atomic E-state index is -0.329. The van der Waals surface area contributed by atoms with Gasteiger partial charge in [0, 0.05) is 31.6 Å². The Kier molecular flexibility index (Phi) is 3.94. The number of nitrogens with zero attached hydrogens (tertiary/aromatic N) is 2. The van der Waals surface area contributed by atoms with Gasteiger partial charge >= 0.3 is 6.03 Å². The first kappa shape index (κ1) is 15.3. The Morgan fingerprint density at radius 1 is 1.43 bits per heavy atom. The van der Waals surface area contributed by atoms with Crippen LogP contribution in [0.25, 0.3) is 11.1 Å². The second-order valence-electron chi connectivity index (χ2n) is 6.16. The van der Waals surface area contributed by atoms with Crippen molar-refractivity contribution in [2.45, 2.75) is 32.2 Å². The highest BCUT2D eigenvalue weighted by Crippen LogP contribution is 2.23. The molecule has 0 aliphatic carbocycles. The molecule has 1 aliphatic rings. The molecule has 1 fully saturated rings. The normalized spacial score (nSPS) is 18.0. The molecule has 122 valence electrons. The van der Waals surface area contributed by atoms with Gasteiger partial charge in [0.25, 0.3) is 0 Å². The van der Waals surface area contributed by atoms with Gasteiger partial charge in [0.1, 0.15) is 5.52 Å². The first-order valence-electron chi connectivity index (χ1n) is 7.64. The molecule has 0 radical (unpaired) electrons. The smallest absolute Gasteiger partial charge is 0.319 e. The van der Waals surface area contributed by atoms with E-state index in [1.54, 1.807) is 30.1 Å². The van der Waals surface area contributed by atoms with E-state index in [-0.39, 0.29) is 23.9 Å². The van der Waals surface area contributed by atoms with Crippen molar-refractivity contribution in [3.8, 4) is 0 Å². The minimum Gasteiger partial charge on any atom is -0.440 e. The largest absolute Gasteiger partial charge is 0.440 e. The van der Waals surface area contributed by atoms with Crippen molar-refractivity contribution in [2.24, 2.45) is 0 Å². The van der Waals surface area contributed by atoms with E-state index in [1.165, 1.54) is 0 Å². The molecular weight excluding hydrogens is 296 g/mol. The molecule has 1 aliphatic heterocycles. The van der Waals surface area contributed by atoms with Crippen molar-refractivity contribution in [3.05, 3.63) is 24.1 Å². The number of urea groups is 1. The molecule has 1 saturated heterocycles. The number of amides is 3. The highest BCUT2D eigenvalue weighted by molar-refractivity contribution is 5.92. The summed E-state index contributed by atoms with van der Waals surface area (Å²) < 4.78 is 5.64. The van der Waals surface area contributed by atoms with Crippen LogP contribution in [0.4, 0.5) is 10.5 Å². The van der Waals surface area contributed by atoms with Crippen LogP contribution in [0.2, 0.25) is 0 Å². The zero-order valence-corrected chi connectivity index (χ0v) is 13.4. The number of likely N-dealkylation sites (tertiary alicyclic amines) is 1. The summed E-state index contributed by atoms with van der Waals surface area (Å²) in [6.45, 7) is 4.56. The van der Waals surface area contributed by atoms with E-state index < -0.39 is 0 Å². The van der Waals surface area contributed by atoms with Gasteiger partial charge in [-0.3, -0.25) is 4.79 Å². The molecule has 3 rings (SSSR count). The number of benzene rings is 1. The van der Waals surface area contributed by atoms with Crippen molar-refractivity contribution in [2.75, 3.05) is 18.9 Å². The number of anilines is 1.